The molecule has 0 radical (unpaired) electrons. The number of amides is 4. The van der Waals surface area contributed by atoms with Crippen LogP contribution in [-0.4, -0.2) is 82.4 Å². The molecule has 16 heteroatoms. The van der Waals surface area contributed by atoms with Crippen LogP contribution in [0.5, 0.6) is 5.88 Å². The Morgan fingerprint density at radius 1 is 0.981 bits per heavy atom. The zero-order valence-electron chi connectivity index (χ0n) is 29.3. The van der Waals surface area contributed by atoms with Crippen LogP contribution in [0.2, 0.25) is 0 Å². The molecule has 4 amide bonds. The summed E-state index contributed by atoms with van der Waals surface area (Å²) in [7, 11) is -3.89. The summed E-state index contributed by atoms with van der Waals surface area (Å²) < 4.78 is 34.5. The molecule has 5 atom stereocenters. The molecule has 5 heterocycles. The van der Waals surface area contributed by atoms with Gasteiger partial charge in [-0.15, -0.1) is 11.3 Å². The van der Waals surface area contributed by atoms with Crippen molar-refractivity contribution < 1.29 is 32.3 Å². The molecule has 0 bridgehead atoms. The van der Waals surface area contributed by atoms with Gasteiger partial charge in [0.15, 0.2) is 0 Å². The number of nitrogens with one attached hydrogen (secondary N) is 3. The zero-order valence-corrected chi connectivity index (χ0v) is 31.8. The second-order valence-electron chi connectivity index (χ2n) is 14.4. The Morgan fingerprint density at radius 2 is 1.80 bits per heavy atom. The molecule has 3 aromatic heterocycles. The van der Waals surface area contributed by atoms with Crippen molar-refractivity contribution in [1.82, 2.24) is 30.2 Å². The van der Waals surface area contributed by atoms with Gasteiger partial charge < -0.3 is 20.3 Å². The molecule has 1 unspecified atom stereocenters. The first-order valence-electron chi connectivity index (χ1n) is 18.3. The lowest BCUT2D eigenvalue weighted by Gasteiger charge is -2.30. The number of hydrogen-bond acceptors (Lipinski definition) is 11. The van der Waals surface area contributed by atoms with E-state index in [4.69, 9.17) is 14.7 Å². The standard InChI is InChI=1S/C38H40N6O7S3/c45-33(23-16-18-52-22-23)40-29-12-5-3-1-2-4-9-24-20-38(24,37(48)43-54(49,50)26-14-15-26)42-34(46)30-19-25(21-44(30)36(29)47)51-35-32(31-13-8-17-53-31)39-27-10-6-7-11-28(27)41-35/h4,6-11,13,16-18,22,24-26,29-30H,1-3,5,12,14-15,19-21H2,(H,40,45)(H,42,46)(H,43,48)/b9-4-/t24?,25-,29-,30+,38-/m1/s1. The van der Waals surface area contributed by atoms with E-state index in [0.717, 1.165) is 17.7 Å². The van der Waals surface area contributed by atoms with E-state index in [0.29, 0.717) is 54.4 Å². The number of thiophene rings is 2. The fraction of sp³-hybridized carbons (Fsp3) is 0.421. The highest BCUT2D eigenvalue weighted by molar-refractivity contribution is 7.91. The van der Waals surface area contributed by atoms with E-state index in [1.807, 2.05) is 53.9 Å². The van der Waals surface area contributed by atoms with Crippen molar-refractivity contribution in [3.63, 3.8) is 0 Å². The summed E-state index contributed by atoms with van der Waals surface area (Å²) >= 11 is 2.86. The van der Waals surface area contributed by atoms with Gasteiger partial charge in [-0.2, -0.15) is 11.3 Å². The van der Waals surface area contributed by atoms with Gasteiger partial charge in [-0.3, -0.25) is 23.9 Å². The molecule has 3 N–H and O–H groups in total. The molecule has 2 aliphatic heterocycles. The topological polar surface area (TPSA) is 177 Å². The second kappa shape index (κ2) is 14.9. The third-order valence-corrected chi connectivity index (χ3v) is 13.9. The molecular formula is C38H40N6O7S3. The van der Waals surface area contributed by atoms with Gasteiger partial charge in [0.25, 0.3) is 11.8 Å². The lowest BCUT2D eigenvalue weighted by molar-refractivity contribution is -0.141. The summed E-state index contributed by atoms with van der Waals surface area (Å²) in [4.78, 5) is 68.0. The van der Waals surface area contributed by atoms with E-state index in [-0.39, 0.29) is 31.2 Å². The van der Waals surface area contributed by atoms with Crippen molar-refractivity contribution in [2.45, 2.75) is 86.8 Å². The summed E-state index contributed by atoms with van der Waals surface area (Å²) in [6.45, 7) is -0.00127. The van der Waals surface area contributed by atoms with Gasteiger partial charge in [-0.05, 0) is 73.6 Å². The Kier molecular flexibility index (Phi) is 10.00. The number of benzene rings is 1. The highest BCUT2D eigenvalue weighted by atomic mass is 32.2. The minimum atomic E-state index is -3.89. The van der Waals surface area contributed by atoms with Crippen molar-refractivity contribution >= 4 is 67.4 Å². The molecule has 1 saturated heterocycles. The van der Waals surface area contributed by atoms with E-state index in [1.165, 1.54) is 27.6 Å². The molecule has 13 nitrogen and oxygen atoms in total. The SMILES string of the molecule is O=C(N[C@@H]1CCCCC/C=C\C2C[C@@]2(C(=O)NS(=O)(=O)C2CC2)NC(=O)[C@@H]2C[C@@H](Oc3nc4ccccc4nc3-c3cccs3)CN2C1=O)c1ccsc1. The molecule has 282 valence electrons. The number of nitrogens with zero attached hydrogens (tertiary/aromatic N) is 3. The minimum Gasteiger partial charge on any atom is -0.471 e. The van der Waals surface area contributed by atoms with E-state index in [2.05, 4.69) is 15.4 Å². The Morgan fingerprint density at radius 3 is 2.54 bits per heavy atom. The van der Waals surface area contributed by atoms with Crippen molar-refractivity contribution in [2.75, 3.05) is 6.54 Å². The van der Waals surface area contributed by atoms with Crippen LogP contribution in [0.4, 0.5) is 0 Å². The second-order valence-corrected chi connectivity index (χ2v) is 18.1. The normalized spacial score (nSPS) is 26.8. The predicted molar refractivity (Wildman–Crippen MR) is 204 cm³/mol. The van der Waals surface area contributed by atoms with Crippen molar-refractivity contribution in [1.29, 1.82) is 0 Å². The first kappa shape index (κ1) is 36.3. The van der Waals surface area contributed by atoms with Gasteiger partial charge in [-0.1, -0.05) is 43.2 Å². The summed E-state index contributed by atoms with van der Waals surface area (Å²) in [5, 5.41) is 10.6. The Hall–Kier alpha value is -4.67. The lowest BCUT2D eigenvalue weighted by atomic mass is 10.0. The first-order chi connectivity index (χ1) is 26.1. The maximum atomic E-state index is 14.6. The first-order valence-corrected chi connectivity index (χ1v) is 21.6. The Labute approximate surface area is 320 Å². The van der Waals surface area contributed by atoms with Crippen LogP contribution in [0.3, 0.4) is 0 Å². The number of fused-ring (bicyclic) bond motifs is 3. The Balaban J connectivity index is 1.12. The molecule has 2 aliphatic carbocycles. The van der Waals surface area contributed by atoms with Gasteiger partial charge in [0, 0.05) is 17.7 Å². The molecule has 2 saturated carbocycles. The summed E-state index contributed by atoms with van der Waals surface area (Å²) in [6, 6.07) is 10.9. The highest BCUT2D eigenvalue weighted by Gasteiger charge is 2.62. The molecule has 3 fully saturated rings. The van der Waals surface area contributed by atoms with Crippen LogP contribution in [0.15, 0.2) is 70.8 Å². The lowest BCUT2D eigenvalue weighted by Crippen LogP contribution is -2.58. The van der Waals surface area contributed by atoms with E-state index >= 15 is 0 Å². The van der Waals surface area contributed by atoms with Gasteiger partial charge in [0.05, 0.1) is 33.3 Å². The molecule has 8 rings (SSSR count). The summed E-state index contributed by atoms with van der Waals surface area (Å²) in [5.74, 6) is -2.37. The summed E-state index contributed by atoms with van der Waals surface area (Å²) in [5.41, 5.74) is 0.783. The van der Waals surface area contributed by atoms with Crippen LogP contribution in [0, 0.1) is 5.92 Å². The molecule has 0 spiro atoms. The number of allylic oxidation sites excluding steroid dienone is 1. The maximum absolute atomic E-state index is 14.6. The van der Waals surface area contributed by atoms with Gasteiger partial charge in [0.1, 0.15) is 29.4 Å². The number of sulfonamides is 1. The number of para-hydroxylation sites is 2. The fourth-order valence-electron chi connectivity index (χ4n) is 7.28. The van der Waals surface area contributed by atoms with Crippen LogP contribution in [-0.2, 0) is 24.4 Å². The van der Waals surface area contributed by atoms with Crippen molar-refractivity contribution in [2.24, 2.45) is 5.92 Å². The molecular weight excluding hydrogens is 749 g/mol. The third kappa shape index (κ3) is 7.51. The van der Waals surface area contributed by atoms with Crippen molar-refractivity contribution in [3.8, 4) is 16.5 Å². The minimum absolute atomic E-state index is 0.00127. The summed E-state index contributed by atoms with van der Waals surface area (Å²) in [6.07, 6.45) is 7.69. The number of carbonyl (C=O) groups excluding carboxylic acids is 4. The van der Waals surface area contributed by atoms with Gasteiger partial charge in [0.2, 0.25) is 27.7 Å². The Bertz CT molecular complexity index is 2210. The van der Waals surface area contributed by atoms with Crippen molar-refractivity contribution in [3.05, 3.63) is 76.3 Å². The average molecular weight is 789 g/mol. The fourth-order valence-corrected chi connectivity index (χ4v) is 9.99. The number of aromatic nitrogens is 2. The van der Waals surface area contributed by atoms with Gasteiger partial charge >= 0.3 is 0 Å². The maximum Gasteiger partial charge on any atom is 0.259 e. The number of carbonyl (C=O) groups is 4. The molecule has 4 aliphatic rings. The quantitative estimate of drug-likeness (QED) is 0.216. The van der Waals surface area contributed by atoms with Crippen LogP contribution >= 0.6 is 22.7 Å². The smallest absolute Gasteiger partial charge is 0.259 e. The largest absolute Gasteiger partial charge is 0.471 e. The molecule has 1 aromatic carbocycles. The number of rotatable bonds is 8. The van der Waals surface area contributed by atoms with Crippen LogP contribution < -0.4 is 20.1 Å². The van der Waals surface area contributed by atoms with E-state index < -0.39 is 62.6 Å². The zero-order chi connectivity index (χ0) is 37.5. The average Bonchev–Trinajstić information content (AvgIpc) is 3.87. The van der Waals surface area contributed by atoms with Gasteiger partial charge in [-0.25, -0.2) is 18.4 Å². The molecule has 4 aromatic rings. The number of ether oxygens (including phenoxy) is 1. The predicted octanol–water partition coefficient (Wildman–Crippen LogP) is 4.57. The highest BCUT2D eigenvalue weighted by Crippen LogP contribution is 2.46. The van der Waals surface area contributed by atoms with Crippen LogP contribution in [0.25, 0.3) is 21.6 Å². The van der Waals surface area contributed by atoms with Crippen LogP contribution in [0.1, 0.15) is 68.1 Å². The molecule has 54 heavy (non-hydrogen) atoms. The monoisotopic (exact) mass is 788 g/mol. The number of hydrogen-bond donors (Lipinski definition) is 3. The van der Waals surface area contributed by atoms with E-state index in [1.54, 1.807) is 16.8 Å². The third-order valence-electron chi connectivity index (χ3n) is 10.5. The van der Waals surface area contributed by atoms with E-state index in [9.17, 15) is 27.6 Å².